The second-order valence-electron chi connectivity index (χ2n) is 10.7. The molecule has 0 aliphatic heterocycles. The van der Waals surface area contributed by atoms with Gasteiger partial charge in [-0.05, 0) is 80.6 Å². The van der Waals surface area contributed by atoms with Crippen LogP contribution in [0.15, 0.2) is 91.2 Å². The van der Waals surface area contributed by atoms with Crippen LogP contribution >= 0.6 is 21.6 Å². The predicted octanol–water partition coefficient (Wildman–Crippen LogP) is 7.42. The van der Waals surface area contributed by atoms with Crippen LogP contribution in [-0.4, -0.2) is 51.4 Å². The third kappa shape index (κ3) is 13.6. The molecule has 44 heavy (non-hydrogen) atoms. The van der Waals surface area contributed by atoms with E-state index in [-0.39, 0.29) is 0 Å². The Labute approximate surface area is 275 Å². The predicted molar refractivity (Wildman–Crippen MR) is 200 cm³/mol. The van der Waals surface area contributed by atoms with E-state index >= 15 is 0 Å². The van der Waals surface area contributed by atoms with Crippen molar-refractivity contribution in [2.45, 2.75) is 46.1 Å². The van der Waals surface area contributed by atoms with Gasteiger partial charge in [0.05, 0.1) is 0 Å². The molecule has 0 saturated heterocycles. The standard InChI is InChI=1S/C38H51N4S2/c1-5-39-28-12-9-7-8-10-16-34-18-23-36(24-19-34)40(3)29-14-32-43-44-33-15-30-41(4)37-25-20-35(21-26-37)22-27-38-17-11-13-31-42(38)6-2/h7-8,10-11,13,16-28,31H,5-6,9,12,14-15,29-30,32-33H2,1-4H3/q+1/p+1/b8-7+,16-10+,39-28?. The smallest absolute Gasteiger partial charge is 0.205 e. The summed E-state index contributed by atoms with van der Waals surface area (Å²) in [5.74, 6) is 2.36. The highest BCUT2D eigenvalue weighted by atomic mass is 33.1. The van der Waals surface area contributed by atoms with E-state index in [2.05, 4.69) is 163 Å². The molecule has 3 aromatic rings. The van der Waals surface area contributed by atoms with Gasteiger partial charge < -0.3 is 9.80 Å². The number of rotatable bonds is 20. The summed E-state index contributed by atoms with van der Waals surface area (Å²) in [6.07, 6.45) is 21.8. The van der Waals surface area contributed by atoms with Crippen molar-refractivity contribution < 1.29 is 9.56 Å². The molecule has 0 radical (unpaired) electrons. The Balaban J connectivity index is 1.25. The van der Waals surface area contributed by atoms with Crippen LogP contribution < -0.4 is 19.4 Å². The van der Waals surface area contributed by atoms with E-state index < -0.39 is 0 Å². The van der Waals surface area contributed by atoms with E-state index in [0.29, 0.717) is 0 Å². The molecule has 0 aliphatic carbocycles. The number of nitrogens with zero attached hydrogens (tertiary/aromatic N) is 3. The van der Waals surface area contributed by atoms with Crippen LogP contribution in [0.3, 0.4) is 0 Å². The van der Waals surface area contributed by atoms with E-state index in [1.807, 2.05) is 21.6 Å². The molecule has 0 unspecified atom stereocenters. The third-order valence-electron chi connectivity index (χ3n) is 7.32. The van der Waals surface area contributed by atoms with Crippen LogP contribution in [0.5, 0.6) is 0 Å². The quantitative estimate of drug-likeness (QED) is 0.0463. The molecule has 234 valence electrons. The zero-order valence-corrected chi connectivity index (χ0v) is 28.8. The van der Waals surface area contributed by atoms with Crippen molar-refractivity contribution in [2.24, 2.45) is 0 Å². The van der Waals surface area contributed by atoms with Crippen LogP contribution in [0, 0.1) is 0 Å². The lowest BCUT2D eigenvalue weighted by atomic mass is 10.1. The summed E-state index contributed by atoms with van der Waals surface area (Å²) >= 11 is 0. The molecule has 4 nitrogen and oxygen atoms in total. The summed E-state index contributed by atoms with van der Waals surface area (Å²) in [6.45, 7) is 8.41. The molecule has 2 aromatic carbocycles. The highest BCUT2D eigenvalue weighted by Gasteiger charge is 2.04. The first-order chi connectivity index (χ1) is 21.6. The van der Waals surface area contributed by atoms with Gasteiger partial charge in [-0.2, -0.15) is 4.57 Å². The van der Waals surface area contributed by atoms with E-state index in [4.69, 9.17) is 0 Å². The topological polar surface area (TPSA) is 24.3 Å². The van der Waals surface area contributed by atoms with Gasteiger partial charge in [0, 0.05) is 74.7 Å². The molecule has 0 bridgehead atoms. The van der Waals surface area contributed by atoms with E-state index in [1.54, 1.807) is 0 Å². The number of allylic oxidation sites excluding steroid dienone is 3. The van der Waals surface area contributed by atoms with Gasteiger partial charge in [0.2, 0.25) is 5.69 Å². The van der Waals surface area contributed by atoms with Crippen LogP contribution in [0.4, 0.5) is 11.4 Å². The Bertz CT molecular complexity index is 1310. The van der Waals surface area contributed by atoms with Gasteiger partial charge in [-0.1, -0.05) is 70.2 Å². The Morgan fingerprint density at radius 1 is 0.705 bits per heavy atom. The molecule has 1 N–H and O–H groups in total. The van der Waals surface area contributed by atoms with Crippen molar-refractivity contribution in [3.63, 3.8) is 0 Å². The van der Waals surface area contributed by atoms with Crippen LogP contribution in [0.25, 0.3) is 18.2 Å². The van der Waals surface area contributed by atoms with Crippen molar-refractivity contribution in [1.82, 2.24) is 0 Å². The Morgan fingerprint density at radius 2 is 1.32 bits per heavy atom. The average Bonchev–Trinajstić information content (AvgIpc) is 3.06. The Kier molecular flexibility index (Phi) is 17.2. The maximum absolute atomic E-state index is 3.24. The van der Waals surface area contributed by atoms with Crippen molar-refractivity contribution in [3.8, 4) is 0 Å². The average molecular weight is 629 g/mol. The van der Waals surface area contributed by atoms with Gasteiger partial charge in [0.15, 0.2) is 6.20 Å². The highest BCUT2D eigenvalue weighted by Crippen LogP contribution is 2.24. The summed E-state index contributed by atoms with van der Waals surface area (Å²) in [5.41, 5.74) is 6.24. The van der Waals surface area contributed by atoms with Crippen molar-refractivity contribution in [3.05, 3.63) is 108 Å². The van der Waals surface area contributed by atoms with Gasteiger partial charge in [-0.3, -0.25) is 4.99 Å². The SMILES string of the molecule is CC[NH+]=CCC/C=C/C=C/c1ccc(N(C)CCCSSCCCN(C)c2ccc(/C=C/c3cccc[n+]3CC)cc2)cc1. The second-order valence-corrected chi connectivity index (χ2v) is 13.5. The van der Waals surface area contributed by atoms with Crippen LogP contribution in [0.2, 0.25) is 0 Å². The molecule has 0 atom stereocenters. The largest absolute Gasteiger partial charge is 0.375 e. The number of pyridine rings is 1. The van der Waals surface area contributed by atoms with Crippen molar-refractivity contribution in [1.29, 1.82) is 0 Å². The number of benzene rings is 2. The monoisotopic (exact) mass is 628 g/mol. The first-order valence-corrected chi connectivity index (χ1v) is 18.5. The number of hydrogen-bond donors (Lipinski definition) is 1. The van der Waals surface area contributed by atoms with Crippen molar-refractivity contribution in [2.75, 3.05) is 55.0 Å². The Morgan fingerprint density at radius 3 is 1.91 bits per heavy atom. The number of anilines is 2. The lowest BCUT2D eigenvalue weighted by Gasteiger charge is -2.20. The third-order valence-corrected chi connectivity index (χ3v) is 9.90. The van der Waals surface area contributed by atoms with E-state index in [9.17, 15) is 0 Å². The molecule has 6 heteroatoms. The lowest BCUT2D eigenvalue weighted by Crippen LogP contribution is -2.67. The zero-order valence-electron chi connectivity index (χ0n) is 27.2. The van der Waals surface area contributed by atoms with Gasteiger partial charge in [0.1, 0.15) is 19.3 Å². The molecule has 0 spiro atoms. The molecule has 3 rings (SSSR count). The zero-order chi connectivity index (χ0) is 31.2. The lowest BCUT2D eigenvalue weighted by molar-refractivity contribution is -0.695. The normalized spacial score (nSPS) is 11.9. The summed E-state index contributed by atoms with van der Waals surface area (Å²) < 4.78 is 2.25. The summed E-state index contributed by atoms with van der Waals surface area (Å²) in [7, 11) is 8.40. The molecular weight excluding hydrogens is 577 g/mol. The Hall–Kier alpha value is -3.22. The highest BCUT2D eigenvalue weighted by molar-refractivity contribution is 8.76. The summed E-state index contributed by atoms with van der Waals surface area (Å²) in [6, 6.07) is 24.1. The molecular formula is C38H52N4S2+2. The molecule has 0 aliphatic rings. The minimum Gasteiger partial charge on any atom is -0.375 e. The van der Waals surface area contributed by atoms with Crippen LogP contribution in [-0.2, 0) is 6.54 Å². The van der Waals surface area contributed by atoms with Gasteiger partial charge in [-0.15, -0.1) is 0 Å². The minimum atomic E-state index is 0.974. The first-order valence-electron chi connectivity index (χ1n) is 16.0. The first kappa shape index (κ1) is 35.3. The molecule has 0 saturated carbocycles. The number of aromatic nitrogens is 1. The summed E-state index contributed by atoms with van der Waals surface area (Å²) in [4.78, 5) is 7.96. The van der Waals surface area contributed by atoms with Gasteiger partial charge in [-0.25, -0.2) is 0 Å². The molecule has 1 heterocycles. The molecule has 0 fully saturated rings. The number of unbranched alkanes of at least 4 members (excludes halogenated alkanes) is 1. The molecule has 0 amide bonds. The fourth-order valence-electron chi connectivity index (χ4n) is 4.65. The number of hydrogen-bond acceptors (Lipinski definition) is 4. The fourth-order valence-corrected chi connectivity index (χ4v) is 6.80. The summed E-state index contributed by atoms with van der Waals surface area (Å²) in [5, 5.41) is 0. The minimum absolute atomic E-state index is 0.974. The fraction of sp³-hybridized carbons (Fsp3) is 0.368. The van der Waals surface area contributed by atoms with Gasteiger partial charge in [0.25, 0.3) is 0 Å². The maximum Gasteiger partial charge on any atom is 0.205 e. The van der Waals surface area contributed by atoms with Crippen molar-refractivity contribution >= 4 is 57.4 Å². The number of nitrogens with one attached hydrogen (secondary N) is 1. The molecule has 1 aromatic heterocycles. The van der Waals surface area contributed by atoms with Crippen LogP contribution in [0.1, 0.15) is 56.4 Å². The van der Waals surface area contributed by atoms with E-state index in [0.717, 1.165) is 39.0 Å². The van der Waals surface area contributed by atoms with E-state index in [1.165, 1.54) is 52.5 Å². The van der Waals surface area contributed by atoms with Gasteiger partial charge >= 0.3 is 0 Å². The maximum atomic E-state index is 3.24. The second kappa shape index (κ2) is 21.5. The number of aryl methyl sites for hydroxylation is 1.